The third-order valence-corrected chi connectivity index (χ3v) is 5.59. The highest BCUT2D eigenvalue weighted by Gasteiger charge is 2.16. The van der Waals surface area contributed by atoms with Crippen LogP contribution in [0.1, 0.15) is 37.6 Å². The average Bonchev–Trinajstić information content (AvgIpc) is 3.12. The lowest BCUT2D eigenvalue weighted by Crippen LogP contribution is -2.46. The summed E-state index contributed by atoms with van der Waals surface area (Å²) in [5.74, 6) is 0.616. The van der Waals surface area contributed by atoms with Gasteiger partial charge in [-0.15, -0.1) is 0 Å². The van der Waals surface area contributed by atoms with E-state index in [1.165, 1.54) is 4.68 Å². The predicted molar refractivity (Wildman–Crippen MR) is 111 cm³/mol. The second kappa shape index (κ2) is 9.98. The summed E-state index contributed by atoms with van der Waals surface area (Å²) in [4.78, 5) is 29.4. The molecule has 1 amide bonds. The van der Waals surface area contributed by atoms with E-state index in [4.69, 9.17) is 4.52 Å². The first-order valence-corrected chi connectivity index (χ1v) is 10.5. The van der Waals surface area contributed by atoms with Crippen LogP contribution < -0.4 is 10.9 Å². The second-order valence-corrected chi connectivity index (χ2v) is 7.66. The number of likely N-dealkylation sites (N-methyl/N-ethyl adjacent to an activating group) is 1. The first kappa shape index (κ1) is 21.4. The number of aryl methyl sites for hydroxylation is 3. The van der Waals surface area contributed by atoms with Gasteiger partial charge in [-0.1, -0.05) is 12.1 Å². The van der Waals surface area contributed by atoms with Crippen molar-refractivity contribution < 1.29 is 9.32 Å². The molecule has 0 unspecified atom stereocenters. The van der Waals surface area contributed by atoms with E-state index in [2.05, 4.69) is 32.3 Å². The summed E-state index contributed by atoms with van der Waals surface area (Å²) in [7, 11) is 0. The van der Waals surface area contributed by atoms with Crippen molar-refractivity contribution in [1.29, 1.82) is 0 Å². The highest BCUT2D eigenvalue weighted by atomic mass is 16.5. The number of hydrogen-bond donors (Lipinski definition) is 1. The van der Waals surface area contributed by atoms with Crippen molar-refractivity contribution in [3.8, 4) is 0 Å². The van der Waals surface area contributed by atoms with Gasteiger partial charge in [0.2, 0.25) is 5.91 Å². The standard InChI is InChI=1S/C20H32N6O3/c1-4-24-11-13-25(14-12-24)9-6-8-21-17(27)7-5-10-26-20(28)19-18(15(2)22-26)16(3)29-23-19/h4-14H2,1-3H3,(H,21,27). The van der Waals surface area contributed by atoms with Gasteiger partial charge in [0.25, 0.3) is 5.56 Å². The molecule has 0 radical (unpaired) electrons. The highest BCUT2D eigenvalue weighted by molar-refractivity contribution is 5.81. The Labute approximate surface area is 171 Å². The minimum Gasteiger partial charge on any atom is -0.360 e. The Morgan fingerprint density at radius 3 is 2.55 bits per heavy atom. The summed E-state index contributed by atoms with van der Waals surface area (Å²) < 4.78 is 6.49. The van der Waals surface area contributed by atoms with Crippen LogP contribution in [0.25, 0.3) is 10.9 Å². The SMILES string of the molecule is CCN1CCN(CCCNC(=O)CCCn2nc(C)c3c(C)onc3c2=O)CC1. The quantitative estimate of drug-likeness (QED) is 0.621. The number of nitrogens with one attached hydrogen (secondary N) is 1. The van der Waals surface area contributed by atoms with Crippen LogP contribution in [-0.4, -0.2) is 76.5 Å². The zero-order valence-electron chi connectivity index (χ0n) is 17.7. The number of piperazine rings is 1. The van der Waals surface area contributed by atoms with Crippen LogP contribution in [0.4, 0.5) is 0 Å². The molecule has 2 aromatic heterocycles. The van der Waals surface area contributed by atoms with Crippen molar-refractivity contribution in [2.75, 3.05) is 45.8 Å². The number of carbonyl (C=O) groups is 1. The van der Waals surface area contributed by atoms with E-state index in [-0.39, 0.29) is 11.5 Å². The maximum atomic E-state index is 12.4. The van der Waals surface area contributed by atoms with E-state index in [1.807, 2.05) is 6.92 Å². The summed E-state index contributed by atoms with van der Waals surface area (Å²) in [6.45, 7) is 13.5. The minimum absolute atomic E-state index is 0.0175. The molecule has 0 atom stereocenters. The highest BCUT2D eigenvalue weighted by Crippen LogP contribution is 2.16. The van der Waals surface area contributed by atoms with Gasteiger partial charge < -0.3 is 19.6 Å². The molecule has 160 valence electrons. The number of hydrogen-bond acceptors (Lipinski definition) is 7. The van der Waals surface area contributed by atoms with Crippen molar-refractivity contribution in [3.05, 3.63) is 21.8 Å². The maximum absolute atomic E-state index is 12.4. The van der Waals surface area contributed by atoms with Gasteiger partial charge >= 0.3 is 0 Å². The van der Waals surface area contributed by atoms with Crippen LogP contribution in [0.2, 0.25) is 0 Å². The molecule has 9 nitrogen and oxygen atoms in total. The number of rotatable bonds is 9. The topological polar surface area (TPSA) is 96.5 Å². The lowest BCUT2D eigenvalue weighted by Gasteiger charge is -2.33. The van der Waals surface area contributed by atoms with Crippen LogP contribution >= 0.6 is 0 Å². The van der Waals surface area contributed by atoms with E-state index in [9.17, 15) is 9.59 Å². The smallest absolute Gasteiger partial charge is 0.296 e. The summed E-state index contributed by atoms with van der Waals surface area (Å²) in [5, 5.41) is 11.8. The van der Waals surface area contributed by atoms with Gasteiger partial charge in [0, 0.05) is 45.7 Å². The van der Waals surface area contributed by atoms with Crippen LogP contribution in [0.15, 0.2) is 9.32 Å². The fraction of sp³-hybridized carbons (Fsp3) is 0.700. The molecule has 3 rings (SSSR count). The molecule has 29 heavy (non-hydrogen) atoms. The zero-order chi connectivity index (χ0) is 20.8. The van der Waals surface area contributed by atoms with Crippen molar-refractivity contribution in [1.82, 2.24) is 30.1 Å². The lowest BCUT2D eigenvalue weighted by atomic mass is 10.2. The van der Waals surface area contributed by atoms with Crippen LogP contribution in [0.5, 0.6) is 0 Å². The predicted octanol–water partition coefficient (Wildman–Crippen LogP) is 0.925. The van der Waals surface area contributed by atoms with Crippen molar-refractivity contribution in [2.24, 2.45) is 0 Å². The van der Waals surface area contributed by atoms with Gasteiger partial charge in [0.15, 0.2) is 5.52 Å². The monoisotopic (exact) mass is 404 g/mol. The summed E-state index contributed by atoms with van der Waals surface area (Å²) in [6, 6.07) is 0. The summed E-state index contributed by atoms with van der Waals surface area (Å²) in [5.41, 5.74) is 0.743. The first-order valence-electron chi connectivity index (χ1n) is 10.5. The van der Waals surface area contributed by atoms with Gasteiger partial charge in [-0.25, -0.2) is 4.68 Å². The van der Waals surface area contributed by atoms with Gasteiger partial charge in [0.1, 0.15) is 5.76 Å². The third-order valence-electron chi connectivity index (χ3n) is 5.59. The van der Waals surface area contributed by atoms with E-state index in [0.29, 0.717) is 48.3 Å². The van der Waals surface area contributed by atoms with Gasteiger partial charge in [-0.3, -0.25) is 9.59 Å². The number of fused-ring (bicyclic) bond motifs is 1. The third kappa shape index (κ3) is 5.42. The molecule has 1 fully saturated rings. The van der Waals surface area contributed by atoms with E-state index in [0.717, 1.165) is 45.7 Å². The van der Waals surface area contributed by atoms with Crippen LogP contribution in [0.3, 0.4) is 0 Å². The molecule has 0 bridgehead atoms. The van der Waals surface area contributed by atoms with E-state index >= 15 is 0 Å². The van der Waals surface area contributed by atoms with Gasteiger partial charge in [-0.2, -0.15) is 5.10 Å². The molecule has 1 aliphatic heterocycles. The average molecular weight is 405 g/mol. The minimum atomic E-state index is -0.272. The van der Waals surface area contributed by atoms with E-state index < -0.39 is 0 Å². The molecule has 1 aliphatic rings. The van der Waals surface area contributed by atoms with Crippen molar-refractivity contribution in [3.63, 3.8) is 0 Å². The van der Waals surface area contributed by atoms with Crippen LogP contribution in [0, 0.1) is 13.8 Å². The normalized spacial score (nSPS) is 15.8. The molecule has 9 heteroatoms. The molecule has 0 aliphatic carbocycles. The summed E-state index contributed by atoms with van der Waals surface area (Å²) in [6.07, 6.45) is 1.89. The second-order valence-electron chi connectivity index (χ2n) is 7.66. The number of carbonyl (C=O) groups excluding carboxylic acids is 1. The molecule has 0 saturated carbocycles. The van der Waals surface area contributed by atoms with E-state index in [1.54, 1.807) is 6.92 Å². The molecular weight excluding hydrogens is 372 g/mol. The molecule has 1 N–H and O–H groups in total. The fourth-order valence-corrected chi connectivity index (χ4v) is 3.83. The molecule has 0 spiro atoms. The number of amides is 1. The maximum Gasteiger partial charge on any atom is 0.296 e. The number of aromatic nitrogens is 3. The first-order chi connectivity index (χ1) is 14.0. The summed E-state index contributed by atoms with van der Waals surface area (Å²) >= 11 is 0. The Hall–Kier alpha value is -2.26. The fourth-order valence-electron chi connectivity index (χ4n) is 3.83. The Balaban J connectivity index is 1.36. The van der Waals surface area contributed by atoms with Crippen molar-refractivity contribution in [2.45, 2.75) is 46.6 Å². The van der Waals surface area contributed by atoms with Gasteiger partial charge in [-0.05, 0) is 39.8 Å². The van der Waals surface area contributed by atoms with Crippen molar-refractivity contribution >= 4 is 16.8 Å². The van der Waals surface area contributed by atoms with Gasteiger partial charge in [0.05, 0.1) is 11.1 Å². The molecule has 1 saturated heterocycles. The Bertz CT molecular complexity index is 882. The zero-order valence-corrected chi connectivity index (χ0v) is 17.7. The molecule has 2 aromatic rings. The Morgan fingerprint density at radius 1 is 1.10 bits per heavy atom. The largest absolute Gasteiger partial charge is 0.360 e. The molecular formula is C20H32N6O3. The number of nitrogens with zero attached hydrogens (tertiary/aromatic N) is 5. The lowest BCUT2D eigenvalue weighted by molar-refractivity contribution is -0.121. The Morgan fingerprint density at radius 2 is 1.83 bits per heavy atom. The molecule has 3 heterocycles. The van der Waals surface area contributed by atoms with Crippen LogP contribution in [-0.2, 0) is 11.3 Å². The Kier molecular flexibility index (Phi) is 7.38. The molecule has 0 aromatic carbocycles.